The molecule has 0 aromatic carbocycles. The molecule has 0 aliphatic carbocycles. The van der Waals surface area contributed by atoms with Crippen LogP contribution < -0.4 is 0 Å². The second-order valence-electron chi connectivity index (χ2n) is 4.07. The second-order valence-corrected chi connectivity index (χ2v) is 4.07. The van der Waals surface area contributed by atoms with Crippen LogP contribution in [0.4, 0.5) is 18.0 Å². The molecule has 1 atom stereocenters. The standard InChI is InChI=1S/C10H19F3N2O2/c1-5-15(8(2)6-14(3)4)9(16)17-7-10(11,12)13/h8H,5-7H2,1-4H3. The van der Waals surface area contributed by atoms with Gasteiger partial charge in [0.05, 0.1) is 0 Å². The molecule has 1 unspecified atom stereocenters. The lowest BCUT2D eigenvalue weighted by Crippen LogP contribution is -2.44. The molecule has 0 fully saturated rings. The van der Waals surface area contributed by atoms with E-state index in [1.807, 2.05) is 19.0 Å². The van der Waals surface area contributed by atoms with Crippen molar-refractivity contribution in [3.05, 3.63) is 0 Å². The molecule has 0 saturated heterocycles. The van der Waals surface area contributed by atoms with E-state index < -0.39 is 18.9 Å². The lowest BCUT2D eigenvalue weighted by molar-refractivity contribution is -0.162. The van der Waals surface area contributed by atoms with E-state index in [1.165, 1.54) is 4.90 Å². The Morgan fingerprint density at radius 3 is 2.24 bits per heavy atom. The summed E-state index contributed by atoms with van der Waals surface area (Å²) in [6.45, 7) is 2.79. The fraction of sp³-hybridized carbons (Fsp3) is 0.900. The number of likely N-dealkylation sites (N-methyl/N-ethyl adjacent to an activating group) is 2. The van der Waals surface area contributed by atoms with Gasteiger partial charge in [-0.05, 0) is 27.9 Å². The van der Waals surface area contributed by atoms with Crippen LogP contribution in [0.1, 0.15) is 13.8 Å². The van der Waals surface area contributed by atoms with Gasteiger partial charge in [0.2, 0.25) is 0 Å². The number of alkyl halides is 3. The summed E-state index contributed by atoms with van der Waals surface area (Å²) >= 11 is 0. The van der Waals surface area contributed by atoms with Crippen molar-refractivity contribution in [3.8, 4) is 0 Å². The Labute approximate surface area is 99.3 Å². The zero-order valence-electron chi connectivity index (χ0n) is 10.5. The van der Waals surface area contributed by atoms with Crippen LogP contribution in [-0.2, 0) is 4.74 Å². The first-order valence-electron chi connectivity index (χ1n) is 5.32. The van der Waals surface area contributed by atoms with Gasteiger partial charge in [-0.2, -0.15) is 13.2 Å². The van der Waals surface area contributed by atoms with Crippen LogP contribution in [0.15, 0.2) is 0 Å². The quantitative estimate of drug-likeness (QED) is 0.753. The minimum Gasteiger partial charge on any atom is -0.440 e. The predicted octanol–water partition coefficient (Wildman–Crippen LogP) is 1.96. The molecule has 7 heteroatoms. The lowest BCUT2D eigenvalue weighted by atomic mass is 10.3. The Hall–Kier alpha value is -0.980. The Balaban J connectivity index is 4.30. The summed E-state index contributed by atoms with van der Waals surface area (Å²) in [7, 11) is 3.65. The molecule has 0 aliphatic rings. The zero-order valence-corrected chi connectivity index (χ0v) is 10.5. The van der Waals surface area contributed by atoms with Crippen LogP contribution in [0.25, 0.3) is 0 Å². The fourth-order valence-corrected chi connectivity index (χ4v) is 1.47. The molecule has 0 aromatic rings. The molecule has 17 heavy (non-hydrogen) atoms. The number of ether oxygens (including phenoxy) is 1. The highest BCUT2D eigenvalue weighted by Crippen LogP contribution is 2.15. The number of rotatable bonds is 5. The first-order valence-corrected chi connectivity index (χ1v) is 5.32. The smallest absolute Gasteiger partial charge is 0.422 e. The number of carbonyl (C=O) groups excluding carboxylic acids is 1. The Morgan fingerprint density at radius 2 is 1.88 bits per heavy atom. The first-order chi connectivity index (χ1) is 7.67. The van der Waals surface area contributed by atoms with Crippen molar-refractivity contribution in [2.24, 2.45) is 0 Å². The molecule has 0 saturated carbocycles. The molecule has 102 valence electrons. The van der Waals surface area contributed by atoms with Crippen LogP contribution in [0.2, 0.25) is 0 Å². The van der Waals surface area contributed by atoms with Gasteiger partial charge < -0.3 is 14.5 Å². The highest BCUT2D eigenvalue weighted by molar-refractivity contribution is 5.68. The van der Waals surface area contributed by atoms with E-state index in [-0.39, 0.29) is 6.04 Å². The van der Waals surface area contributed by atoms with Gasteiger partial charge in [-0.15, -0.1) is 0 Å². The second kappa shape index (κ2) is 6.68. The van der Waals surface area contributed by atoms with E-state index in [1.54, 1.807) is 13.8 Å². The molecule has 0 spiro atoms. The minimum absolute atomic E-state index is 0.198. The van der Waals surface area contributed by atoms with E-state index in [0.29, 0.717) is 13.1 Å². The molecule has 0 radical (unpaired) electrons. The highest BCUT2D eigenvalue weighted by Gasteiger charge is 2.31. The molecular formula is C10H19F3N2O2. The van der Waals surface area contributed by atoms with Crippen molar-refractivity contribution in [2.45, 2.75) is 26.1 Å². The van der Waals surface area contributed by atoms with Crippen LogP contribution in [0.3, 0.4) is 0 Å². The van der Waals surface area contributed by atoms with E-state index in [2.05, 4.69) is 4.74 Å². The number of carbonyl (C=O) groups is 1. The third-order valence-corrected chi connectivity index (χ3v) is 2.10. The zero-order chi connectivity index (χ0) is 13.6. The van der Waals surface area contributed by atoms with Crippen molar-refractivity contribution in [2.75, 3.05) is 33.8 Å². The van der Waals surface area contributed by atoms with E-state index in [4.69, 9.17) is 0 Å². The van der Waals surface area contributed by atoms with E-state index >= 15 is 0 Å². The molecule has 1 amide bonds. The van der Waals surface area contributed by atoms with Crippen LogP contribution >= 0.6 is 0 Å². The van der Waals surface area contributed by atoms with Gasteiger partial charge in [-0.3, -0.25) is 0 Å². The number of nitrogens with zero attached hydrogens (tertiary/aromatic N) is 2. The molecule has 0 bridgehead atoms. The van der Waals surface area contributed by atoms with Crippen LogP contribution in [-0.4, -0.2) is 61.9 Å². The number of hydrogen-bond acceptors (Lipinski definition) is 3. The maximum Gasteiger partial charge on any atom is 0.422 e. The van der Waals surface area contributed by atoms with Gasteiger partial charge in [0.1, 0.15) is 0 Å². The van der Waals surface area contributed by atoms with Gasteiger partial charge >= 0.3 is 12.3 Å². The van der Waals surface area contributed by atoms with Crippen molar-refractivity contribution in [1.29, 1.82) is 0 Å². The Bertz CT molecular complexity index is 244. The third-order valence-electron chi connectivity index (χ3n) is 2.10. The summed E-state index contributed by atoms with van der Waals surface area (Å²) in [5.74, 6) is 0. The number of hydrogen-bond donors (Lipinski definition) is 0. The molecule has 0 aromatic heterocycles. The van der Waals surface area contributed by atoms with Crippen molar-refractivity contribution in [1.82, 2.24) is 9.80 Å². The van der Waals surface area contributed by atoms with E-state index in [9.17, 15) is 18.0 Å². The average molecular weight is 256 g/mol. The highest BCUT2D eigenvalue weighted by atomic mass is 19.4. The summed E-state index contributed by atoms with van der Waals surface area (Å²) in [4.78, 5) is 14.6. The summed E-state index contributed by atoms with van der Waals surface area (Å²) in [5, 5.41) is 0. The number of amides is 1. The van der Waals surface area contributed by atoms with Crippen LogP contribution in [0.5, 0.6) is 0 Å². The van der Waals surface area contributed by atoms with Crippen LogP contribution in [0, 0.1) is 0 Å². The summed E-state index contributed by atoms with van der Waals surface area (Å²) in [6.07, 6.45) is -5.42. The molecule has 4 nitrogen and oxygen atoms in total. The maximum absolute atomic E-state index is 11.9. The topological polar surface area (TPSA) is 32.8 Å². The molecule has 0 heterocycles. The lowest BCUT2D eigenvalue weighted by Gasteiger charge is -2.29. The van der Waals surface area contributed by atoms with Gasteiger partial charge in [0.15, 0.2) is 6.61 Å². The van der Waals surface area contributed by atoms with Gasteiger partial charge in [0, 0.05) is 19.1 Å². The number of halogens is 3. The molecule has 0 rings (SSSR count). The van der Waals surface area contributed by atoms with Crippen molar-refractivity contribution in [3.63, 3.8) is 0 Å². The summed E-state index contributed by atoms with van der Waals surface area (Å²) in [6, 6.07) is -0.198. The average Bonchev–Trinajstić information content (AvgIpc) is 2.13. The van der Waals surface area contributed by atoms with E-state index in [0.717, 1.165) is 0 Å². The Morgan fingerprint density at radius 1 is 1.35 bits per heavy atom. The Kier molecular flexibility index (Phi) is 6.30. The first kappa shape index (κ1) is 16.0. The third kappa shape index (κ3) is 7.04. The molecule has 0 N–H and O–H groups in total. The summed E-state index contributed by atoms with van der Waals surface area (Å²) < 4.78 is 39.9. The van der Waals surface area contributed by atoms with Gasteiger partial charge in [0.25, 0.3) is 0 Å². The maximum atomic E-state index is 11.9. The molecular weight excluding hydrogens is 237 g/mol. The SMILES string of the molecule is CCN(C(=O)OCC(F)(F)F)C(C)CN(C)C. The normalized spacial score (nSPS) is 13.6. The largest absolute Gasteiger partial charge is 0.440 e. The fourth-order valence-electron chi connectivity index (χ4n) is 1.47. The summed E-state index contributed by atoms with van der Waals surface area (Å²) in [5.41, 5.74) is 0. The van der Waals surface area contributed by atoms with Crippen molar-refractivity contribution >= 4 is 6.09 Å². The minimum atomic E-state index is -4.49. The predicted molar refractivity (Wildman–Crippen MR) is 57.8 cm³/mol. The molecule has 0 aliphatic heterocycles. The van der Waals surface area contributed by atoms with Crippen molar-refractivity contribution < 1.29 is 22.7 Å². The van der Waals surface area contributed by atoms with Gasteiger partial charge in [-0.1, -0.05) is 0 Å². The monoisotopic (exact) mass is 256 g/mol. The van der Waals surface area contributed by atoms with Gasteiger partial charge in [-0.25, -0.2) is 4.79 Å².